The van der Waals surface area contributed by atoms with Crippen molar-refractivity contribution in [2.75, 3.05) is 6.54 Å². The van der Waals surface area contributed by atoms with Gasteiger partial charge in [-0.3, -0.25) is 10.2 Å². The molecule has 0 aliphatic heterocycles. The number of rotatable bonds is 4. The van der Waals surface area contributed by atoms with E-state index < -0.39 is 0 Å². The smallest absolute Gasteiger partial charge is 0.261 e. The zero-order valence-electron chi connectivity index (χ0n) is 16.2. The average molecular weight is 375 g/mol. The summed E-state index contributed by atoms with van der Waals surface area (Å²) in [5, 5.41) is 10.9. The van der Waals surface area contributed by atoms with Crippen molar-refractivity contribution in [1.82, 2.24) is 10.3 Å². The Morgan fingerprint density at radius 2 is 2.12 bits per heavy atom. The van der Waals surface area contributed by atoms with E-state index in [-0.39, 0.29) is 18.3 Å². The number of pyridine rings is 1. The summed E-state index contributed by atoms with van der Waals surface area (Å²) in [5.74, 6) is 1.17. The molecule has 1 aliphatic rings. The van der Waals surface area contributed by atoms with E-state index in [9.17, 15) is 4.79 Å². The van der Waals surface area contributed by atoms with Gasteiger partial charge in [0.15, 0.2) is 0 Å². The molecular weight excluding hydrogens is 344 g/mol. The number of amides is 1. The minimum absolute atomic E-state index is 0.0484. The number of nitrogens with one attached hydrogen (secondary N) is 2. The fraction of sp³-hybridized carbons (Fsp3) is 0.550. The molecule has 1 unspecified atom stereocenters. The Hall–Kier alpha value is -1.95. The van der Waals surface area contributed by atoms with Crippen LogP contribution in [0.1, 0.15) is 61.5 Å². The van der Waals surface area contributed by atoms with Crippen molar-refractivity contribution in [2.45, 2.75) is 53.4 Å². The maximum atomic E-state index is 12.1. The normalized spacial score (nSPS) is 16.0. The van der Waals surface area contributed by atoms with Gasteiger partial charge in [-0.05, 0) is 48.8 Å². The standard InChI is InChI=1S/C17H22N4OS.C3H8/c1-9(2)10-3-4-13-11(5-10)6-12-7-14(23-17(12)21-13)16(22)20-8-15(18)19;1-3-2/h6-7,9-10H,3-5,8H2,1-2H3,(H3,18,19)(H,20,22);3H2,1-2H3. The highest BCUT2D eigenvalue weighted by Gasteiger charge is 2.23. The van der Waals surface area contributed by atoms with E-state index in [4.69, 9.17) is 16.1 Å². The number of aryl methyl sites for hydroxylation is 1. The highest BCUT2D eigenvalue weighted by atomic mass is 32.1. The Bertz CT molecular complexity index is 781. The molecular formula is C20H30N4OS. The van der Waals surface area contributed by atoms with Gasteiger partial charge in [0.2, 0.25) is 0 Å². The molecule has 2 aromatic heterocycles. The molecule has 0 saturated heterocycles. The molecule has 3 rings (SSSR count). The summed E-state index contributed by atoms with van der Waals surface area (Å²) >= 11 is 1.40. The molecule has 26 heavy (non-hydrogen) atoms. The van der Waals surface area contributed by atoms with E-state index in [1.807, 2.05) is 6.07 Å². The van der Waals surface area contributed by atoms with Crippen LogP contribution < -0.4 is 11.1 Å². The van der Waals surface area contributed by atoms with Crippen molar-refractivity contribution >= 4 is 33.3 Å². The summed E-state index contributed by atoms with van der Waals surface area (Å²) in [5.41, 5.74) is 7.79. The molecule has 142 valence electrons. The van der Waals surface area contributed by atoms with E-state index >= 15 is 0 Å². The zero-order valence-corrected chi connectivity index (χ0v) is 17.0. The lowest BCUT2D eigenvalue weighted by Crippen LogP contribution is -2.32. The summed E-state index contributed by atoms with van der Waals surface area (Å²) in [4.78, 5) is 18.4. The van der Waals surface area contributed by atoms with Crippen molar-refractivity contribution in [3.05, 3.63) is 28.3 Å². The Morgan fingerprint density at radius 1 is 1.42 bits per heavy atom. The number of hydrogen-bond acceptors (Lipinski definition) is 4. The maximum Gasteiger partial charge on any atom is 0.261 e. The molecule has 0 saturated carbocycles. The molecule has 1 amide bonds. The number of fused-ring (bicyclic) bond motifs is 2. The quantitative estimate of drug-likeness (QED) is 0.555. The van der Waals surface area contributed by atoms with Gasteiger partial charge in [-0.15, -0.1) is 11.3 Å². The van der Waals surface area contributed by atoms with E-state index in [0.29, 0.717) is 10.8 Å². The van der Waals surface area contributed by atoms with Gasteiger partial charge in [0, 0.05) is 11.1 Å². The van der Waals surface area contributed by atoms with Crippen LogP contribution in [-0.2, 0) is 12.8 Å². The third kappa shape index (κ3) is 5.04. The predicted octanol–water partition coefficient (Wildman–Crippen LogP) is 4.14. The van der Waals surface area contributed by atoms with Gasteiger partial charge in [0.1, 0.15) is 10.7 Å². The Kier molecular flexibility index (Phi) is 7.14. The van der Waals surface area contributed by atoms with Crippen LogP contribution in [-0.4, -0.2) is 23.3 Å². The molecule has 2 aromatic rings. The number of aromatic nitrogens is 1. The predicted molar refractivity (Wildman–Crippen MR) is 110 cm³/mol. The lowest BCUT2D eigenvalue weighted by Gasteiger charge is -2.26. The first kappa shape index (κ1) is 20.4. The van der Waals surface area contributed by atoms with Gasteiger partial charge in [-0.2, -0.15) is 0 Å². The molecule has 2 heterocycles. The maximum absolute atomic E-state index is 12.1. The number of carbonyl (C=O) groups is 1. The van der Waals surface area contributed by atoms with E-state index in [1.165, 1.54) is 35.4 Å². The number of amidine groups is 1. The minimum atomic E-state index is -0.193. The van der Waals surface area contributed by atoms with Gasteiger partial charge in [0.25, 0.3) is 5.91 Å². The molecule has 0 aromatic carbocycles. The SMILES string of the molecule is CC(C)C1CCc2nc3sc(C(=O)NCC(=N)N)cc3cc2C1.CCC. The zero-order chi connectivity index (χ0) is 19.3. The Labute approximate surface area is 159 Å². The molecule has 0 fully saturated rings. The highest BCUT2D eigenvalue weighted by molar-refractivity contribution is 7.20. The number of hydrogen-bond donors (Lipinski definition) is 3. The monoisotopic (exact) mass is 374 g/mol. The van der Waals surface area contributed by atoms with Crippen LogP contribution in [0.5, 0.6) is 0 Å². The van der Waals surface area contributed by atoms with Crippen LogP contribution in [0.25, 0.3) is 10.2 Å². The largest absolute Gasteiger partial charge is 0.386 e. The second-order valence-corrected chi connectivity index (χ2v) is 8.29. The van der Waals surface area contributed by atoms with Crippen LogP contribution in [0.4, 0.5) is 0 Å². The second kappa shape index (κ2) is 9.12. The third-order valence-corrected chi connectivity index (χ3v) is 5.56. The van der Waals surface area contributed by atoms with E-state index in [1.54, 1.807) is 0 Å². The van der Waals surface area contributed by atoms with E-state index in [2.05, 4.69) is 39.1 Å². The first-order valence-corrected chi connectivity index (χ1v) is 10.2. The topological polar surface area (TPSA) is 91.9 Å². The summed E-state index contributed by atoms with van der Waals surface area (Å²) in [6, 6.07) is 4.09. The molecule has 4 N–H and O–H groups in total. The summed E-state index contributed by atoms with van der Waals surface area (Å²) in [6.45, 7) is 8.89. The molecule has 1 atom stereocenters. The van der Waals surface area contributed by atoms with Gasteiger partial charge >= 0.3 is 0 Å². The minimum Gasteiger partial charge on any atom is -0.386 e. The first-order valence-electron chi connectivity index (χ1n) is 9.39. The fourth-order valence-electron chi connectivity index (χ4n) is 3.10. The summed E-state index contributed by atoms with van der Waals surface area (Å²) in [6.07, 6.45) is 4.55. The van der Waals surface area contributed by atoms with Crippen LogP contribution >= 0.6 is 11.3 Å². The van der Waals surface area contributed by atoms with Gasteiger partial charge < -0.3 is 11.1 Å². The third-order valence-electron chi connectivity index (χ3n) is 4.52. The fourth-order valence-corrected chi connectivity index (χ4v) is 4.05. The Morgan fingerprint density at radius 3 is 2.73 bits per heavy atom. The van der Waals surface area contributed by atoms with Crippen LogP contribution in [0.3, 0.4) is 0 Å². The second-order valence-electron chi connectivity index (χ2n) is 7.26. The van der Waals surface area contributed by atoms with Crippen molar-refractivity contribution < 1.29 is 4.79 Å². The van der Waals surface area contributed by atoms with Crippen molar-refractivity contribution in [3.8, 4) is 0 Å². The number of nitrogens with two attached hydrogens (primary N) is 1. The average Bonchev–Trinajstić information content (AvgIpc) is 3.00. The van der Waals surface area contributed by atoms with Crippen LogP contribution in [0, 0.1) is 17.2 Å². The van der Waals surface area contributed by atoms with Crippen LogP contribution in [0.15, 0.2) is 12.1 Å². The number of nitrogens with zero attached hydrogens (tertiary/aromatic N) is 1. The molecule has 0 bridgehead atoms. The number of thiophene rings is 1. The first-order chi connectivity index (χ1) is 12.3. The van der Waals surface area contributed by atoms with Gasteiger partial charge in [-0.1, -0.05) is 34.1 Å². The summed E-state index contributed by atoms with van der Waals surface area (Å²) < 4.78 is 0. The Balaban J connectivity index is 0.000000758. The lowest BCUT2D eigenvalue weighted by atomic mass is 9.80. The highest BCUT2D eigenvalue weighted by Crippen LogP contribution is 2.33. The molecule has 1 aliphatic carbocycles. The van der Waals surface area contributed by atoms with Gasteiger partial charge in [-0.25, -0.2) is 4.98 Å². The van der Waals surface area contributed by atoms with Crippen molar-refractivity contribution in [1.29, 1.82) is 5.41 Å². The van der Waals surface area contributed by atoms with Gasteiger partial charge in [0.05, 0.1) is 11.4 Å². The van der Waals surface area contributed by atoms with E-state index in [0.717, 1.165) is 29.0 Å². The summed E-state index contributed by atoms with van der Waals surface area (Å²) in [7, 11) is 0. The lowest BCUT2D eigenvalue weighted by molar-refractivity contribution is 0.0963. The van der Waals surface area contributed by atoms with Crippen molar-refractivity contribution in [2.24, 2.45) is 17.6 Å². The number of carbonyl (C=O) groups excluding carboxylic acids is 1. The molecule has 6 heteroatoms. The van der Waals surface area contributed by atoms with Crippen LogP contribution in [0.2, 0.25) is 0 Å². The van der Waals surface area contributed by atoms with Crippen molar-refractivity contribution in [3.63, 3.8) is 0 Å². The molecule has 0 spiro atoms. The molecule has 0 radical (unpaired) electrons. The molecule has 5 nitrogen and oxygen atoms in total.